The summed E-state index contributed by atoms with van der Waals surface area (Å²) in [6, 6.07) is 5.46. The van der Waals surface area contributed by atoms with Crippen molar-refractivity contribution in [1.82, 2.24) is 0 Å². The number of ether oxygens (including phenoxy) is 2. The SMILES string of the molecule is COc1cc(S)cc(OC)c1.[H-].[K+]. The van der Waals surface area contributed by atoms with E-state index in [1.807, 2.05) is 12.1 Å². The third kappa shape index (κ3) is 3.68. The van der Waals surface area contributed by atoms with Gasteiger partial charge < -0.3 is 10.9 Å². The second kappa shape index (κ2) is 6.29. The quantitative estimate of drug-likeness (QED) is 0.504. The van der Waals surface area contributed by atoms with E-state index in [1.165, 1.54) is 0 Å². The van der Waals surface area contributed by atoms with E-state index in [0.29, 0.717) is 0 Å². The largest absolute Gasteiger partial charge is 1.00 e. The molecule has 0 spiro atoms. The van der Waals surface area contributed by atoms with Gasteiger partial charge in [0.2, 0.25) is 0 Å². The van der Waals surface area contributed by atoms with Gasteiger partial charge in [0.1, 0.15) is 11.5 Å². The summed E-state index contributed by atoms with van der Waals surface area (Å²) >= 11 is 4.17. The molecule has 0 bridgehead atoms. The van der Waals surface area contributed by atoms with Crippen LogP contribution < -0.4 is 60.9 Å². The molecular weight excluding hydrogens is 199 g/mol. The molecule has 0 aliphatic rings. The van der Waals surface area contributed by atoms with Crippen LogP contribution in [0.1, 0.15) is 1.43 Å². The van der Waals surface area contributed by atoms with E-state index < -0.39 is 0 Å². The van der Waals surface area contributed by atoms with Gasteiger partial charge in [-0.1, -0.05) is 0 Å². The van der Waals surface area contributed by atoms with Crippen LogP contribution in [0, 0.1) is 0 Å². The first-order chi connectivity index (χ1) is 5.26. The van der Waals surface area contributed by atoms with Crippen molar-refractivity contribution in [3.8, 4) is 11.5 Å². The maximum atomic E-state index is 5.01. The number of benzene rings is 1. The van der Waals surface area contributed by atoms with Gasteiger partial charge in [-0.05, 0) is 12.1 Å². The monoisotopic (exact) mass is 210 g/mol. The van der Waals surface area contributed by atoms with Crippen LogP contribution in [-0.4, -0.2) is 14.2 Å². The number of thiol groups is 1. The first kappa shape index (κ1) is 12.8. The number of hydrogen-bond acceptors (Lipinski definition) is 3. The van der Waals surface area contributed by atoms with Gasteiger partial charge in [0.05, 0.1) is 14.2 Å². The van der Waals surface area contributed by atoms with Crippen molar-refractivity contribution in [2.45, 2.75) is 4.90 Å². The summed E-state index contributed by atoms with van der Waals surface area (Å²) in [5.74, 6) is 1.52. The molecule has 0 saturated carbocycles. The third-order valence-corrected chi connectivity index (χ3v) is 1.59. The molecule has 1 aromatic rings. The fraction of sp³-hybridized carbons (Fsp3) is 0.250. The van der Waals surface area contributed by atoms with Gasteiger partial charge in [-0.3, -0.25) is 0 Å². The van der Waals surface area contributed by atoms with E-state index in [4.69, 9.17) is 9.47 Å². The standard InChI is InChI=1S/C8H10O2S.K.H/c1-9-6-3-7(10-2)5-8(11)4-6;;/h3-5,11H,1-2H3;;/q;+1;-1. The molecule has 0 saturated heterocycles. The molecular formula is C8H11KO2S. The average Bonchev–Trinajstić information content (AvgIpc) is 2.03. The Bertz CT molecular complexity index is 236. The van der Waals surface area contributed by atoms with Crippen molar-refractivity contribution in [2.75, 3.05) is 14.2 Å². The molecule has 2 nitrogen and oxygen atoms in total. The Labute approximate surface area is 122 Å². The summed E-state index contributed by atoms with van der Waals surface area (Å²) in [4.78, 5) is 0.834. The number of rotatable bonds is 2. The van der Waals surface area contributed by atoms with E-state index in [-0.39, 0.29) is 52.8 Å². The molecule has 0 amide bonds. The zero-order valence-electron chi connectivity index (χ0n) is 8.50. The summed E-state index contributed by atoms with van der Waals surface area (Å²) in [5, 5.41) is 0. The molecule has 62 valence electrons. The van der Waals surface area contributed by atoms with Crippen molar-refractivity contribution in [1.29, 1.82) is 0 Å². The van der Waals surface area contributed by atoms with Crippen LogP contribution in [-0.2, 0) is 0 Å². The second-order valence-electron chi connectivity index (χ2n) is 2.07. The molecule has 1 rings (SSSR count). The van der Waals surface area contributed by atoms with Gasteiger partial charge in [0.15, 0.2) is 0 Å². The first-order valence-electron chi connectivity index (χ1n) is 3.18. The summed E-state index contributed by atoms with van der Waals surface area (Å²) in [5.41, 5.74) is 0. The van der Waals surface area contributed by atoms with Crippen molar-refractivity contribution in [3.63, 3.8) is 0 Å². The minimum atomic E-state index is 0. The fourth-order valence-corrected chi connectivity index (χ4v) is 1.05. The number of methoxy groups -OCH3 is 2. The maximum absolute atomic E-state index is 5.01. The van der Waals surface area contributed by atoms with Gasteiger partial charge in [-0.15, -0.1) is 12.6 Å². The molecule has 0 heterocycles. The Morgan fingerprint density at radius 1 is 1.08 bits per heavy atom. The van der Waals surface area contributed by atoms with E-state index >= 15 is 0 Å². The minimum absolute atomic E-state index is 0. The number of hydrogen-bond donors (Lipinski definition) is 1. The molecule has 0 unspecified atom stereocenters. The summed E-state index contributed by atoms with van der Waals surface area (Å²) in [7, 11) is 3.23. The van der Waals surface area contributed by atoms with Crippen LogP contribution in [0.15, 0.2) is 23.1 Å². The predicted octanol–water partition coefficient (Wildman–Crippen LogP) is -0.891. The Hall–Kier alpha value is 0.806. The summed E-state index contributed by atoms with van der Waals surface area (Å²) in [6.07, 6.45) is 0. The zero-order valence-corrected chi connectivity index (χ0v) is 11.5. The van der Waals surface area contributed by atoms with Gasteiger partial charge in [0, 0.05) is 11.0 Å². The van der Waals surface area contributed by atoms with Crippen molar-refractivity contribution in [3.05, 3.63) is 18.2 Å². The molecule has 0 fully saturated rings. The van der Waals surface area contributed by atoms with Gasteiger partial charge in [-0.2, -0.15) is 0 Å². The molecule has 12 heavy (non-hydrogen) atoms. The molecule has 0 radical (unpaired) electrons. The Morgan fingerprint density at radius 3 is 1.83 bits per heavy atom. The van der Waals surface area contributed by atoms with E-state index in [1.54, 1.807) is 20.3 Å². The Kier molecular flexibility index (Phi) is 6.71. The Balaban J connectivity index is 0. The van der Waals surface area contributed by atoms with Crippen LogP contribution in [0.2, 0.25) is 0 Å². The van der Waals surface area contributed by atoms with Gasteiger partial charge in [-0.25, -0.2) is 0 Å². The molecule has 4 heteroatoms. The first-order valence-corrected chi connectivity index (χ1v) is 3.63. The molecule has 0 aromatic heterocycles. The van der Waals surface area contributed by atoms with Crippen LogP contribution in [0.3, 0.4) is 0 Å². The second-order valence-corrected chi connectivity index (χ2v) is 2.59. The summed E-state index contributed by atoms with van der Waals surface area (Å²) < 4.78 is 10.0. The fourth-order valence-electron chi connectivity index (χ4n) is 0.792. The minimum Gasteiger partial charge on any atom is -1.00 e. The van der Waals surface area contributed by atoms with Gasteiger partial charge in [0.25, 0.3) is 0 Å². The maximum Gasteiger partial charge on any atom is 1.00 e. The van der Waals surface area contributed by atoms with Crippen molar-refractivity contribution < 1.29 is 62.3 Å². The topological polar surface area (TPSA) is 18.5 Å². The smallest absolute Gasteiger partial charge is 1.00 e. The van der Waals surface area contributed by atoms with Crippen LogP contribution in [0.5, 0.6) is 11.5 Å². The van der Waals surface area contributed by atoms with Crippen LogP contribution in [0.25, 0.3) is 0 Å². The Morgan fingerprint density at radius 2 is 1.50 bits per heavy atom. The van der Waals surface area contributed by atoms with Gasteiger partial charge >= 0.3 is 51.4 Å². The van der Waals surface area contributed by atoms with Crippen molar-refractivity contribution >= 4 is 12.6 Å². The average molecular weight is 210 g/mol. The molecule has 0 aliphatic carbocycles. The summed E-state index contributed by atoms with van der Waals surface area (Å²) in [6.45, 7) is 0. The van der Waals surface area contributed by atoms with Crippen LogP contribution in [0.4, 0.5) is 0 Å². The molecule has 0 aliphatic heterocycles. The predicted molar refractivity (Wildman–Crippen MR) is 47.9 cm³/mol. The van der Waals surface area contributed by atoms with Crippen LogP contribution >= 0.6 is 12.6 Å². The van der Waals surface area contributed by atoms with Crippen molar-refractivity contribution in [2.24, 2.45) is 0 Å². The van der Waals surface area contributed by atoms with E-state index in [0.717, 1.165) is 16.4 Å². The zero-order chi connectivity index (χ0) is 8.27. The van der Waals surface area contributed by atoms with E-state index in [9.17, 15) is 0 Å². The normalized spacial score (nSPS) is 8.58. The molecule has 1 aromatic carbocycles. The molecule has 0 atom stereocenters. The van der Waals surface area contributed by atoms with E-state index in [2.05, 4.69) is 12.6 Å². The molecule has 0 N–H and O–H groups in total. The third-order valence-electron chi connectivity index (χ3n) is 1.34.